The van der Waals surface area contributed by atoms with Gasteiger partial charge in [-0.2, -0.15) is 0 Å². The first-order valence-electron chi connectivity index (χ1n) is 9.36. The van der Waals surface area contributed by atoms with Gasteiger partial charge in [0.1, 0.15) is 11.7 Å². The van der Waals surface area contributed by atoms with Crippen molar-refractivity contribution in [2.75, 3.05) is 0 Å². The first-order valence-corrected chi connectivity index (χ1v) is 9.36. The summed E-state index contributed by atoms with van der Waals surface area (Å²) in [6.45, 7) is 5.41. The van der Waals surface area contributed by atoms with Crippen LogP contribution >= 0.6 is 0 Å². The number of para-hydroxylation sites is 2. The first-order chi connectivity index (χ1) is 12.8. The molecule has 0 heterocycles. The van der Waals surface area contributed by atoms with Gasteiger partial charge in [0.15, 0.2) is 11.5 Å². The SMILES string of the molecule is CC(C)(C)OC(=O)C12CCC(N)(CC1)C(Oc1ccccc1OC(F)(F)F)C2. The standard InChI is InChI=1S/C20H26F3NO4/c1-17(2,3)28-16(25)18-8-10-19(24,11-9-18)15(12-18)26-13-6-4-5-7-14(13)27-20(21,22)23/h4-7,15H,8-12,24H2,1-3H3. The van der Waals surface area contributed by atoms with Gasteiger partial charge < -0.3 is 19.9 Å². The highest BCUT2D eigenvalue weighted by molar-refractivity contribution is 5.78. The average molecular weight is 401 g/mol. The fourth-order valence-electron chi connectivity index (χ4n) is 4.02. The number of hydrogen-bond acceptors (Lipinski definition) is 5. The molecule has 28 heavy (non-hydrogen) atoms. The van der Waals surface area contributed by atoms with Crippen LogP contribution in [0.25, 0.3) is 0 Å². The minimum absolute atomic E-state index is 0.0402. The van der Waals surface area contributed by atoms with E-state index in [1.807, 2.05) is 0 Å². The molecule has 1 unspecified atom stereocenters. The van der Waals surface area contributed by atoms with Crippen LogP contribution in [-0.4, -0.2) is 29.6 Å². The molecular weight excluding hydrogens is 375 g/mol. The highest BCUT2D eigenvalue weighted by atomic mass is 19.4. The Morgan fingerprint density at radius 1 is 1.07 bits per heavy atom. The lowest BCUT2D eigenvalue weighted by atomic mass is 9.56. The number of benzene rings is 1. The van der Waals surface area contributed by atoms with Crippen molar-refractivity contribution in [1.82, 2.24) is 0 Å². The lowest BCUT2D eigenvalue weighted by molar-refractivity contribution is -0.275. The zero-order valence-electron chi connectivity index (χ0n) is 16.3. The van der Waals surface area contributed by atoms with Gasteiger partial charge in [-0.15, -0.1) is 13.2 Å². The molecule has 5 nitrogen and oxygen atoms in total. The molecule has 0 aliphatic heterocycles. The smallest absolute Gasteiger partial charge is 0.485 e. The normalized spacial score (nSPS) is 30.0. The molecule has 2 bridgehead atoms. The van der Waals surface area contributed by atoms with E-state index in [-0.39, 0.29) is 11.7 Å². The summed E-state index contributed by atoms with van der Waals surface area (Å²) in [5.41, 5.74) is 4.47. The number of alkyl halides is 3. The van der Waals surface area contributed by atoms with Gasteiger partial charge in [0.2, 0.25) is 0 Å². The summed E-state index contributed by atoms with van der Waals surface area (Å²) in [6.07, 6.45) is -2.89. The van der Waals surface area contributed by atoms with E-state index in [1.54, 1.807) is 26.8 Å². The number of esters is 1. The summed E-state index contributed by atoms with van der Waals surface area (Å²) in [7, 11) is 0. The summed E-state index contributed by atoms with van der Waals surface area (Å²) < 4.78 is 53.7. The van der Waals surface area contributed by atoms with E-state index in [1.165, 1.54) is 18.2 Å². The summed E-state index contributed by atoms with van der Waals surface area (Å²) >= 11 is 0. The lowest BCUT2D eigenvalue weighted by Gasteiger charge is -2.54. The number of fused-ring (bicyclic) bond motifs is 3. The molecule has 1 atom stereocenters. The minimum atomic E-state index is -4.83. The van der Waals surface area contributed by atoms with E-state index < -0.39 is 34.8 Å². The predicted molar refractivity (Wildman–Crippen MR) is 95.8 cm³/mol. The molecule has 3 aliphatic rings. The molecule has 4 rings (SSSR count). The third-order valence-electron chi connectivity index (χ3n) is 5.53. The second kappa shape index (κ2) is 6.83. The van der Waals surface area contributed by atoms with Crippen LogP contribution in [0.3, 0.4) is 0 Å². The fourth-order valence-corrected chi connectivity index (χ4v) is 4.02. The molecule has 0 aromatic heterocycles. The summed E-state index contributed by atoms with van der Waals surface area (Å²) in [5.74, 6) is -0.761. The third-order valence-corrected chi connectivity index (χ3v) is 5.53. The molecule has 1 aromatic rings. The number of carbonyl (C=O) groups excluding carboxylic acids is 1. The highest BCUT2D eigenvalue weighted by Gasteiger charge is 2.58. The Morgan fingerprint density at radius 3 is 2.18 bits per heavy atom. The van der Waals surface area contributed by atoms with Crippen molar-refractivity contribution >= 4 is 5.97 Å². The maximum absolute atomic E-state index is 12.9. The Labute approximate surface area is 162 Å². The van der Waals surface area contributed by atoms with Gasteiger partial charge in [-0.05, 0) is 58.6 Å². The molecule has 0 radical (unpaired) electrons. The number of halogens is 3. The van der Waals surface area contributed by atoms with Crippen molar-refractivity contribution < 1.29 is 32.2 Å². The van der Waals surface area contributed by atoms with E-state index in [2.05, 4.69) is 4.74 Å². The quantitative estimate of drug-likeness (QED) is 0.760. The van der Waals surface area contributed by atoms with Gasteiger partial charge in [-0.1, -0.05) is 12.1 Å². The zero-order chi connectivity index (χ0) is 20.8. The van der Waals surface area contributed by atoms with Crippen molar-refractivity contribution in [3.05, 3.63) is 24.3 Å². The summed E-state index contributed by atoms with van der Waals surface area (Å²) in [6, 6.07) is 5.59. The third kappa shape index (κ3) is 4.37. The lowest BCUT2D eigenvalue weighted by Crippen LogP contribution is -2.65. The topological polar surface area (TPSA) is 70.8 Å². The van der Waals surface area contributed by atoms with Crippen LogP contribution in [0, 0.1) is 5.41 Å². The number of ether oxygens (including phenoxy) is 3. The van der Waals surface area contributed by atoms with Crippen LogP contribution in [0.1, 0.15) is 52.9 Å². The summed E-state index contributed by atoms with van der Waals surface area (Å²) in [4.78, 5) is 12.9. The second-order valence-electron chi connectivity index (χ2n) is 8.82. The number of rotatable bonds is 4. The maximum Gasteiger partial charge on any atom is 0.573 e. The van der Waals surface area contributed by atoms with Crippen LogP contribution in [-0.2, 0) is 9.53 Å². The molecular formula is C20H26F3NO4. The Balaban J connectivity index is 1.83. The summed E-state index contributed by atoms with van der Waals surface area (Å²) in [5, 5.41) is 0. The molecule has 0 amide bonds. The molecule has 0 saturated heterocycles. The van der Waals surface area contributed by atoms with E-state index in [9.17, 15) is 18.0 Å². The molecule has 3 saturated carbocycles. The highest BCUT2D eigenvalue weighted by Crippen LogP contribution is 2.53. The monoisotopic (exact) mass is 401 g/mol. The number of hydrogen-bond donors (Lipinski definition) is 1. The molecule has 3 aliphatic carbocycles. The molecule has 1 aromatic carbocycles. The first kappa shape index (κ1) is 20.8. The minimum Gasteiger partial charge on any atom is -0.485 e. The van der Waals surface area contributed by atoms with Crippen molar-refractivity contribution in [3.8, 4) is 11.5 Å². The van der Waals surface area contributed by atoms with E-state index in [0.29, 0.717) is 32.1 Å². The van der Waals surface area contributed by atoms with E-state index in [4.69, 9.17) is 15.2 Å². The van der Waals surface area contributed by atoms with Crippen LogP contribution in [0.15, 0.2) is 24.3 Å². The molecule has 0 spiro atoms. The Kier molecular flexibility index (Phi) is 5.06. The van der Waals surface area contributed by atoms with Crippen molar-refractivity contribution in [1.29, 1.82) is 0 Å². The van der Waals surface area contributed by atoms with Gasteiger partial charge in [-0.25, -0.2) is 0 Å². The Morgan fingerprint density at radius 2 is 1.64 bits per heavy atom. The van der Waals surface area contributed by atoms with Crippen LogP contribution < -0.4 is 15.2 Å². The van der Waals surface area contributed by atoms with Crippen molar-refractivity contribution in [3.63, 3.8) is 0 Å². The van der Waals surface area contributed by atoms with Gasteiger partial charge >= 0.3 is 12.3 Å². The van der Waals surface area contributed by atoms with Crippen molar-refractivity contribution in [2.24, 2.45) is 11.1 Å². The van der Waals surface area contributed by atoms with Gasteiger partial charge in [0, 0.05) is 6.42 Å². The molecule has 3 fully saturated rings. The molecule has 156 valence electrons. The van der Waals surface area contributed by atoms with Crippen LogP contribution in [0.4, 0.5) is 13.2 Å². The van der Waals surface area contributed by atoms with Crippen LogP contribution in [0.2, 0.25) is 0 Å². The Hall–Kier alpha value is -1.96. The van der Waals surface area contributed by atoms with Crippen LogP contribution in [0.5, 0.6) is 11.5 Å². The maximum atomic E-state index is 12.9. The average Bonchev–Trinajstić information content (AvgIpc) is 2.55. The molecule has 8 heteroatoms. The fraction of sp³-hybridized carbons (Fsp3) is 0.650. The zero-order valence-corrected chi connectivity index (χ0v) is 16.3. The van der Waals surface area contributed by atoms with Gasteiger partial charge in [0.05, 0.1) is 11.0 Å². The Bertz CT molecular complexity index is 734. The van der Waals surface area contributed by atoms with E-state index in [0.717, 1.165) is 0 Å². The van der Waals surface area contributed by atoms with Gasteiger partial charge in [-0.3, -0.25) is 4.79 Å². The molecule has 2 N–H and O–H groups in total. The number of carbonyl (C=O) groups is 1. The largest absolute Gasteiger partial charge is 0.573 e. The predicted octanol–water partition coefficient (Wildman–Crippen LogP) is 4.34. The van der Waals surface area contributed by atoms with Gasteiger partial charge in [0.25, 0.3) is 0 Å². The number of nitrogens with two attached hydrogens (primary N) is 1. The van der Waals surface area contributed by atoms with Crippen molar-refractivity contribution in [2.45, 2.75) is 76.5 Å². The second-order valence-corrected chi connectivity index (χ2v) is 8.82. The van der Waals surface area contributed by atoms with E-state index >= 15 is 0 Å².